The van der Waals surface area contributed by atoms with Gasteiger partial charge in [0.1, 0.15) is 0 Å². The van der Waals surface area contributed by atoms with E-state index in [1.807, 2.05) is 5.51 Å². The Kier molecular flexibility index (Phi) is 1.24. The molecule has 0 unspecified atom stereocenters. The normalized spacial score (nSPS) is 17.3. The van der Waals surface area contributed by atoms with Gasteiger partial charge in [0, 0.05) is 4.88 Å². The van der Waals surface area contributed by atoms with E-state index in [2.05, 4.69) is 10.3 Å². The summed E-state index contributed by atoms with van der Waals surface area (Å²) in [6.45, 7) is 1.87. The van der Waals surface area contributed by atoms with Crippen molar-refractivity contribution in [2.24, 2.45) is 0 Å². The molecule has 2 nitrogen and oxygen atoms in total. The van der Waals surface area contributed by atoms with Crippen LogP contribution in [0, 0.1) is 0 Å². The highest BCUT2D eigenvalue weighted by molar-refractivity contribution is 7.09. The maximum Gasteiger partial charge on any atom is 0.0796 e. The molecule has 0 atom stereocenters. The fourth-order valence-electron chi connectivity index (χ4n) is 0.992. The SMILES string of the molecule is c1nc2c(s1)C[N-]CC2. The molecule has 0 saturated heterocycles. The van der Waals surface area contributed by atoms with Gasteiger partial charge < -0.3 is 5.32 Å². The molecule has 0 aliphatic carbocycles. The van der Waals surface area contributed by atoms with Crippen molar-refractivity contribution in [3.05, 3.63) is 21.4 Å². The Morgan fingerprint density at radius 3 is 3.56 bits per heavy atom. The molecule has 9 heavy (non-hydrogen) atoms. The predicted octanol–water partition coefficient (Wildman–Crippen LogP) is 1.57. The third-order valence-corrected chi connectivity index (χ3v) is 2.35. The summed E-state index contributed by atoms with van der Waals surface area (Å²) in [5, 5.41) is 4.26. The number of nitrogens with zero attached hydrogens (tertiary/aromatic N) is 2. The van der Waals surface area contributed by atoms with Crippen LogP contribution in [-0.4, -0.2) is 11.5 Å². The van der Waals surface area contributed by atoms with E-state index in [0.29, 0.717) is 0 Å². The first-order valence-electron chi connectivity index (χ1n) is 3.01. The Hall–Kier alpha value is -0.410. The molecule has 0 aromatic carbocycles. The van der Waals surface area contributed by atoms with Crippen molar-refractivity contribution in [3.63, 3.8) is 0 Å². The van der Waals surface area contributed by atoms with Crippen LogP contribution < -0.4 is 0 Å². The number of fused-ring (bicyclic) bond motifs is 1. The number of hydrogen-bond acceptors (Lipinski definition) is 2. The molecule has 1 aromatic rings. The first-order chi connectivity index (χ1) is 4.47. The number of aromatic nitrogens is 1. The first-order valence-corrected chi connectivity index (χ1v) is 3.89. The van der Waals surface area contributed by atoms with Crippen LogP contribution in [-0.2, 0) is 13.0 Å². The van der Waals surface area contributed by atoms with Gasteiger partial charge in [-0.25, -0.2) is 4.98 Å². The summed E-state index contributed by atoms with van der Waals surface area (Å²) in [6.07, 6.45) is 1.05. The molecule has 0 amide bonds. The zero-order valence-corrected chi connectivity index (χ0v) is 5.82. The van der Waals surface area contributed by atoms with Gasteiger partial charge in [0.2, 0.25) is 0 Å². The topological polar surface area (TPSA) is 27.0 Å². The van der Waals surface area contributed by atoms with Gasteiger partial charge in [0.05, 0.1) is 11.2 Å². The Labute approximate surface area is 57.9 Å². The highest BCUT2D eigenvalue weighted by Crippen LogP contribution is 2.21. The van der Waals surface area contributed by atoms with Gasteiger partial charge in [-0.05, 0) is 6.42 Å². The zero-order valence-electron chi connectivity index (χ0n) is 5.00. The van der Waals surface area contributed by atoms with Crippen LogP contribution in [0.15, 0.2) is 5.51 Å². The van der Waals surface area contributed by atoms with Crippen LogP contribution in [0.4, 0.5) is 0 Å². The lowest BCUT2D eigenvalue weighted by Crippen LogP contribution is -2.02. The maximum absolute atomic E-state index is 4.26. The van der Waals surface area contributed by atoms with Crippen molar-refractivity contribution in [3.8, 4) is 0 Å². The fraction of sp³-hybridized carbons (Fsp3) is 0.500. The van der Waals surface area contributed by atoms with Crippen molar-refractivity contribution in [1.29, 1.82) is 0 Å². The summed E-state index contributed by atoms with van der Waals surface area (Å²) in [5.74, 6) is 0. The number of rotatable bonds is 0. The molecule has 0 saturated carbocycles. The fourth-order valence-corrected chi connectivity index (χ4v) is 1.76. The largest absolute Gasteiger partial charge is 0.657 e. The average molecular weight is 139 g/mol. The molecule has 1 aliphatic heterocycles. The Morgan fingerprint density at radius 1 is 1.67 bits per heavy atom. The summed E-state index contributed by atoms with van der Waals surface area (Å²) < 4.78 is 0. The first kappa shape index (κ1) is 5.38. The summed E-state index contributed by atoms with van der Waals surface area (Å²) in [6, 6.07) is 0. The number of thiazole rings is 1. The van der Waals surface area contributed by atoms with E-state index < -0.39 is 0 Å². The molecular formula is C6H7N2S-. The van der Waals surface area contributed by atoms with Crippen LogP contribution in [0.3, 0.4) is 0 Å². The van der Waals surface area contributed by atoms with Gasteiger partial charge in [-0.3, -0.25) is 0 Å². The molecule has 1 aliphatic rings. The lowest BCUT2D eigenvalue weighted by Gasteiger charge is -2.23. The smallest absolute Gasteiger partial charge is 0.0796 e. The third kappa shape index (κ3) is 0.862. The van der Waals surface area contributed by atoms with Gasteiger partial charge in [-0.2, -0.15) is 0 Å². The lowest BCUT2D eigenvalue weighted by atomic mass is 10.2. The van der Waals surface area contributed by atoms with Crippen molar-refractivity contribution in [2.75, 3.05) is 6.54 Å². The van der Waals surface area contributed by atoms with Crippen LogP contribution in [0.25, 0.3) is 5.32 Å². The van der Waals surface area contributed by atoms with E-state index in [-0.39, 0.29) is 0 Å². The van der Waals surface area contributed by atoms with E-state index in [0.717, 1.165) is 19.5 Å². The highest BCUT2D eigenvalue weighted by Gasteiger charge is 2.02. The van der Waals surface area contributed by atoms with Crippen molar-refractivity contribution >= 4 is 11.3 Å². The molecular weight excluding hydrogens is 132 g/mol. The zero-order chi connectivity index (χ0) is 6.10. The second kappa shape index (κ2) is 2.08. The average Bonchev–Trinajstić information content (AvgIpc) is 2.33. The van der Waals surface area contributed by atoms with E-state index in [1.54, 1.807) is 11.3 Å². The van der Waals surface area contributed by atoms with Gasteiger partial charge in [-0.15, -0.1) is 24.4 Å². The van der Waals surface area contributed by atoms with Crippen molar-refractivity contribution in [2.45, 2.75) is 13.0 Å². The second-order valence-electron chi connectivity index (χ2n) is 2.08. The Bertz CT molecular complexity index is 186. The van der Waals surface area contributed by atoms with Crippen LogP contribution in [0.5, 0.6) is 0 Å². The van der Waals surface area contributed by atoms with E-state index in [9.17, 15) is 0 Å². The summed E-state index contributed by atoms with van der Waals surface area (Å²) in [4.78, 5) is 5.58. The monoisotopic (exact) mass is 139 g/mol. The minimum Gasteiger partial charge on any atom is -0.657 e. The van der Waals surface area contributed by atoms with E-state index in [1.165, 1.54) is 10.6 Å². The highest BCUT2D eigenvalue weighted by atomic mass is 32.1. The minimum atomic E-state index is 0.903. The van der Waals surface area contributed by atoms with Crippen LogP contribution >= 0.6 is 11.3 Å². The van der Waals surface area contributed by atoms with Gasteiger partial charge in [0.15, 0.2) is 0 Å². The molecule has 2 heterocycles. The Balaban J connectivity index is 2.39. The van der Waals surface area contributed by atoms with Gasteiger partial charge in [0.25, 0.3) is 0 Å². The molecule has 48 valence electrons. The van der Waals surface area contributed by atoms with Crippen LogP contribution in [0.2, 0.25) is 0 Å². The summed E-state index contributed by atoms with van der Waals surface area (Å²) in [5.41, 5.74) is 3.18. The number of hydrogen-bond donors (Lipinski definition) is 0. The molecule has 1 aromatic heterocycles. The van der Waals surface area contributed by atoms with E-state index >= 15 is 0 Å². The lowest BCUT2D eigenvalue weighted by molar-refractivity contribution is 0.889. The molecule has 2 rings (SSSR count). The minimum absolute atomic E-state index is 0.903. The molecule has 0 fully saturated rings. The summed E-state index contributed by atoms with van der Waals surface area (Å²) in [7, 11) is 0. The predicted molar refractivity (Wildman–Crippen MR) is 37.7 cm³/mol. The quantitative estimate of drug-likeness (QED) is 0.536. The molecule has 0 radical (unpaired) electrons. The van der Waals surface area contributed by atoms with Gasteiger partial charge in [-0.1, -0.05) is 0 Å². The summed E-state index contributed by atoms with van der Waals surface area (Å²) >= 11 is 1.72. The molecule has 0 bridgehead atoms. The molecule has 3 heteroatoms. The standard InChI is InChI=1S/C6H7N2S/c1-2-7-3-6-5(1)8-4-9-6/h4H,1-3H2/q-1. The third-order valence-electron chi connectivity index (χ3n) is 1.49. The maximum atomic E-state index is 4.26. The molecule has 0 spiro atoms. The van der Waals surface area contributed by atoms with Crippen LogP contribution in [0.1, 0.15) is 10.6 Å². The molecule has 0 N–H and O–H groups in total. The van der Waals surface area contributed by atoms with Crippen molar-refractivity contribution in [1.82, 2.24) is 4.98 Å². The second-order valence-corrected chi connectivity index (χ2v) is 3.02. The van der Waals surface area contributed by atoms with E-state index in [4.69, 9.17) is 0 Å². The van der Waals surface area contributed by atoms with Gasteiger partial charge >= 0.3 is 0 Å². The Morgan fingerprint density at radius 2 is 2.67 bits per heavy atom. The van der Waals surface area contributed by atoms with Crippen molar-refractivity contribution < 1.29 is 0 Å².